The van der Waals surface area contributed by atoms with Crippen molar-refractivity contribution in [1.29, 1.82) is 0 Å². The molecule has 2 fully saturated rings. The second-order valence-corrected chi connectivity index (χ2v) is 10.0. The van der Waals surface area contributed by atoms with Crippen LogP contribution in [0, 0.1) is 0 Å². The molecular weight excluding hydrogens is 548 g/mol. The van der Waals surface area contributed by atoms with Gasteiger partial charge in [0.15, 0.2) is 29.0 Å². The zero-order chi connectivity index (χ0) is 29.9. The van der Waals surface area contributed by atoms with Crippen molar-refractivity contribution >= 4 is 16.8 Å². The molecule has 0 amide bonds. The molecule has 8 N–H and O–H groups in total. The van der Waals surface area contributed by atoms with Crippen molar-refractivity contribution in [2.75, 3.05) is 0 Å². The third-order valence-electron chi connectivity index (χ3n) is 7.31. The smallest absolute Gasteiger partial charge is 0.197 e. The number of Topliss-reactive ketones (excluding diaryl/α,β-unsaturated/α-hetero) is 1. The lowest BCUT2D eigenvalue weighted by molar-refractivity contribution is -0.323. The first-order valence-electron chi connectivity index (χ1n) is 12.6. The fourth-order valence-electron chi connectivity index (χ4n) is 5.00. The van der Waals surface area contributed by atoms with E-state index in [0.717, 1.165) is 18.2 Å². The number of carbonyl (C=O) groups is 1. The van der Waals surface area contributed by atoms with Crippen LogP contribution in [0.15, 0.2) is 39.5 Å². The highest BCUT2D eigenvalue weighted by Gasteiger charge is 2.50. The number of phenolic OH excluding ortho intramolecular Hbond substituents is 4. The molecule has 2 aromatic carbocycles. The van der Waals surface area contributed by atoms with E-state index in [4.69, 9.17) is 18.6 Å². The van der Waals surface area contributed by atoms with Gasteiger partial charge in [-0.2, -0.15) is 0 Å². The van der Waals surface area contributed by atoms with Crippen molar-refractivity contribution in [3.05, 3.63) is 46.1 Å². The van der Waals surface area contributed by atoms with Crippen LogP contribution in [0.5, 0.6) is 23.0 Å². The summed E-state index contributed by atoms with van der Waals surface area (Å²) in [5, 5.41) is 82.5. The van der Waals surface area contributed by atoms with E-state index >= 15 is 0 Å². The largest absolute Gasteiger partial charge is 0.507 e. The molecule has 0 bridgehead atoms. The molecule has 14 heteroatoms. The molecule has 14 nitrogen and oxygen atoms in total. The molecule has 0 unspecified atom stereocenters. The summed E-state index contributed by atoms with van der Waals surface area (Å²) in [6, 6.07) is 5.69. The number of aliphatic hydroxyl groups is 4. The first-order chi connectivity index (χ1) is 19.3. The van der Waals surface area contributed by atoms with Gasteiger partial charge in [0.2, 0.25) is 0 Å². The Morgan fingerprint density at radius 2 is 1.51 bits per heavy atom. The van der Waals surface area contributed by atoms with E-state index in [2.05, 4.69) is 0 Å². The number of fused-ring (bicyclic) bond motifs is 1. The van der Waals surface area contributed by atoms with Crippen molar-refractivity contribution in [3.8, 4) is 34.3 Å². The van der Waals surface area contributed by atoms with E-state index in [1.54, 1.807) is 0 Å². The zero-order valence-electron chi connectivity index (χ0n) is 21.6. The molecule has 0 radical (unpaired) electrons. The topological polar surface area (TPSA) is 237 Å². The number of hydrogen-bond acceptors (Lipinski definition) is 14. The summed E-state index contributed by atoms with van der Waals surface area (Å²) in [7, 11) is 0. The summed E-state index contributed by atoms with van der Waals surface area (Å²) < 4.78 is 22.5. The second kappa shape index (κ2) is 10.6. The number of ketones is 1. The maximum absolute atomic E-state index is 13.1. The van der Waals surface area contributed by atoms with Gasteiger partial charge in [-0.25, -0.2) is 0 Å². The molecule has 5 rings (SSSR count). The SMILES string of the molecule is C[C@@H]1O[C@@H](c2c(O)cc3oc(-c4ccc(O)c(O)c4)cc(=O)c3c2O)[C@H](O[C@@H]2O[C@@H](C)[C@H](O)[C@@H](O)[C@H]2O)[C@@H](O)C1=O. The van der Waals surface area contributed by atoms with Crippen LogP contribution in [-0.2, 0) is 19.0 Å². The third-order valence-corrected chi connectivity index (χ3v) is 7.31. The average molecular weight is 577 g/mol. The monoisotopic (exact) mass is 576 g/mol. The van der Waals surface area contributed by atoms with Crippen molar-refractivity contribution in [3.63, 3.8) is 0 Å². The highest BCUT2D eigenvalue weighted by atomic mass is 16.7. The van der Waals surface area contributed by atoms with Gasteiger partial charge in [-0.05, 0) is 32.0 Å². The molecule has 0 saturated carbocycles. The first kappa shape index (κ1) is 28.8. The number of rotatable bonds is 4. The van der Waals surface area contributed by atoms with Crippen molar-refractivity contribution in [1.82, 2.24) is 0 Å². The first-order valence-corrected chi connectivity index (χ1v) is 12.6. The van der Waals surface area contributed by atoms with Gasteiger partial charge in [0.1, 0.15) is 71.0 Å². The Morgan fingerprint density at radius 3 is 2.20 bits per heavy atom. The summed E-state index contributed by atoms with van der Waals surface area (Å²) in [5.74, 6) is -3.25. The van der Waals surface area contributed by atoms with Crippen molar-refractivity contribution in [2.45, 2.75) is 69.0 Å². The van der Waals surface area contributed by atoms with Crippen LogP contribution in [0.1, 0.15) is 25.5 Å². The third kappa shape index (κ3) is 4.89. The molecule has 0 aliphatic carbocycles. The number of aromatic hydroxyl groups is 4. The summed E-state index contributed by atoms with van der Waals surface area (Å²) in [5.41, 5.74) is -1.28. The predicted molar refractivity (Wildman–Crippen MR) is 136 cm³/mol. The summed E-state index contributed by atoms with van der Waals surface area (Å²) >= 11 is 0. The van der Waals surface area contributed by atoms with E-state index in [1.165, 1.54) is 26.0 Å². The fourth-order valence-corrected chi connectivity index (χ4v) is 5.00. The van der Waals surface area contributed by atoms with Crippen LogP contribution in [-0.4, -0.2) is 95.7 Å². The maximum Gasteiger partial charge on any atom is 0.197 e. The number of benzene rings is 2. The Balaban J connectivity index is 1.58. The van der Waals surface area contributed by atoms with Gasteiger partial charge in [0.25, 0.3) is 0 Å². The lowest BCUT2D eigenvalue weighted by Crippen LogP contribution is -2.60. The summed E-state index contributed by atoms with van der Waals surface area (Å²) in [4.78, 5) is 25.7. The average Bonchev–Trinajstić information content (AvgIpc) is 2.92. The zero-order valence-corrected chi connectivity index (χ0v) is 21.6. The van der Waals surface area contributed by atoms with Gasteiger partial charge in [-0.1, -0.05) is 0 Å². The highest BCUT2D eigenvalue weighted by Crippen LogP contribution is 2.45. The Labute approximate surface area is 230 Å². The van der Waals surface area contributed by atoms with Crippen molar-refractivity contribution < 1.29 is 64.3 Å². The van der Waals surface area contributed by atoms with Crippen LogP contribution < -0.4 is 5.43 Å². The fraction of sp³-hybridized carbons (Fsp3) is 0.407. The van der Waals surface area contributed by atoms with E-state index in [-0.39, 0.29) is 16.9 Å². The number of ether oxygens (including phenoxy) is 3. The number of phenols is 4. The Hall–Kier alpha value is -3.76. The molecule has 41 heavy (non-hydrogen) atoms. The minimum atomic E-state index is -1.92. The summed E-state index contributed by atoms with van der Waals surface area (Å²) in [6.45, 7) is 2.70. The number of carbonyl (C=O) groups excluding carboxylic acids is 1. The van der Waals surface area contributed by atoms with Crippen LogP contribution in [0.4, 0.5) is 0 Å². The van der Waals surface area contributed by atoms with Crippen LogP contribution in [0.3, 0.4) is 0 Å². The van der Waals surface area contributed by atoms with E-state index < -0.39 is 100 Å². The minimum Gasteiger partial charge on any atom is -0.507 e. The number of hydrogen-bond donors (Lipinski definition) is 8. The minimum absolute atomic E-state index is 0.0626. The molecule has 3 heterocycles. The predicted octanol–water partition coefficient (Wildman–Crippen LogP) is -0.115. The van der Waals surface area contributed by atoms with Gasteiger partial charge >= 0.3 is 0 Å². The number of aliphatic hydroxyl groups excluding tert-OH is 4. The lowest BCUT2D eigenvalue weighted by Gasteiger charge is -2.44. The highest BCUT2D eigenvalue weighted by molar-refractivity contribution is 5.90. The van der Waals surface area contributed by atoms with Gasteiger partial charge in [0.05, 0.1) is 11.7 Å². The normalized spacial score (nSPS) is 32.3. The molecule has 2 saturated heterocycles. The van der Waals surface area contributed by atoms with Gasteiger partial charge in [-0.15, -0.1) is 0 Å². The standard InChI is InChI=1S/C27H28O14/c1-8-20(33)23(36)26(41-27-24(37)22(35)19(32)9(2)39-27)25(38-8)18-14(31)7-16-17(21(18)34)13(30)6-15(40-16)10-3-4-11(28)12(29)5-10/h3-9,19,22-29,31-32,34-37H,1-2H3/t8-,9-,19-,22+,23-,24+,25-,26+,27-/m0/s1. The van der Waals surface area contributed by atoms with Gasteiger partial charge in [-0.3, -0.25) is 9.59 Å². The molecule has 2 aliphatic heterocycles. The molecular formula is C27H28O14. The quantitative estimate of drug-likeness (QED) is 0.189. The Bertz CT molecular complexity index is 1550. The Morgan fingerprint density at radius 1 is 0.805 bits per heavy atom. The van der Waals surface area contributed by atoms with E-state index in [9.17, 15) is 50.4 Å². The van der Waals surface area contributed by atoms with E-state index in [1.807, 2.05) is 0 Å². The molecule has 9 atom stereocenters. The maximum atomic E-state index is 13.1. The second-order valence-electron chi connectivity index (χ2n) is 10.0. The molecule has 2 aliphatic rings. The van der Waals surface area contributed by atoms with Crippen LogP contribution in [0.25, 0.3) is 22.3 Å². The van der Waals surface area contributed by atoms with Crippen molar-refractivity contribution in [2.24, 2.45) is 0 Å². The van der Waals surface area contributed by atoms with Crippen LogP contribution in [0.2, 0.25) is 0 Å². The molecule has 1 aromatic heterocycles. The molecule has 0 spiro atoms. The summed E-state index contributed by atoms with van der Waals surface area (Å²) in [6.07, 6.45) is -14.2. The molecule has 220 valence electrons. The van der Waals surface area contributed by atoms with E-state index in [0.29, 0.717) is 0 Å². The van der Waals surface area contributed by atoms with Gasteiger partial charge < -0.3 is 59.5 Å². The van der Waals surface area contributed by atoms with Gasteiger partial charge in [0, 0.05) is 17.7 Å². The lowest BCUT2D eigenvalue weighted by atomic mass is 9.90. The van der Waals surface area contributed by atoms with Crippen LogP contribution >= 0.6 is 0 Å². The Kier molecular flexibility index (Phi) is 7.42. The molecule has 3 aromatic rings.